The van der Waals surface area contributed by atoms with Crippen LogP contribution < -0.4 is 0 Å². The van der Waals surface area contributed by atoms with Crippen molar-refractivity contribution < 1.29 is 4.57 Å². The van der Waals surface area contributed by atoms with Crippen molar-refractivity contribution in [2.24, 2.45) is 5.92 Å². The fourth-order valence-electron chi connectivity index (χ4n) is 3.39. The summed E-state index contributed by atoms with van der Waals surface area (Å²) < 4.78 is 13.3. The summed E-state index contributed by atoms with van der Waals surface area (Å²) in [5, 5.41) is 0. The number of rotatable bonds is 8. The molecule has 0 aliphatic heterocycles. The first kappa shape index (κ1) is 16.3. The van der Waals surface area contributed by atoms with Crippen LogP contribution in [-0.4, -0.2) is 18.0 Å². The van der Waals surface area contributed by atoms with Crippen LogP contribution in [0.15, 0.2) is 0 Å². The lowest BCUT2D eigenvalue weighted by molar-refractivity contribution is 0.347. The quantitative estimate of drug-likeness (QED) is 0.501. The minimum atomic E-state index is -1.88. The Bertz CT molecular complexity index is 250. The van der Waals surface area contributed by atoms with Crippen LogP contribution in [0.3, 0.4) is 0 Å². The zero-order valence-corrected chi connectivity index (χ0v) is 13.7. The van der Waals surface area contributed by atoms with E-state index in [9.17, 15) is 4.57 Å². The third-order valence-electron chi connectivity index (χ3n) is 4.78. The van der Waals surface area contributed by atoms with E-state index in [0.29, 0.717) is 5.66 Å². The van der Waals surface area contributed by atoms with Crippen molar-refractivity contribution >= 4 is 7.14 Å². The van der Waals surface area contributed by atoms with E-state index in [1.165, 1.54) is 57.8 Å². The molecule has 18 heavy (non-hydrogen) atoms. The van der Waals surface area contributed by atoms with Crippen molar-refractivity contribution in [3.8, 4) is 0 Å². The van der Waals surface area contributed by atoms with Gasteiger partial charge in [0.05, 0.1) is 7.14 Å². The van der Waals surface area contributed by atoms with Gasteiger partial charge in [-0.2, -0.15) is 0 Å². The van der Waals surface area contributed by atoms with Gasteiger partial charge in [0.25, 0.3) is 0 Å². The summed E-state index contributed by atoms with van der Waals surface area (Å²) in [6.07, 6.45) is 13.3. The van der Waals surface area contributed by atoms with Crippen LogP contribution in [0.25, 0.3) is 0 Å². The molecule has 0 heterocycles. The van der Waals surface area contributed by atoms with E-state index in [2.05, 4.69) is 20.8 Å². The highest BCUT2D eigenvalue weighted by molar-refractivity contribution is 7.64. The van der Waals surface area contributed by atoms with Crippen molar-refractivity contribution in [1.29, 1.82) is 0 Å². The van der Waals surface area contributed by atoms with Crippen molar-refractivity contribution in [3.05, 3.63) is 0 Å². The molecule has 0 aromatic heterocycles. The van der Waals surface area contributed by atoms with Crippen LogP contribution >= 0.6 is 7.14 Å². The maximum absolute atomic E-state index is 13.3. The first-order chi connectivity index (χ1) is 8.66. The molecule has 1 nitrogen and oxygen atoms in total. The molecule has 1 aliphatic carbocycles. The van der Waals surface area contributed by atoms with Gasteiger partial charge in [0.2, 0.25) is 0 Å². The standard InChI is InChI=1S/C16H33OP/c1-4-7-12-18(17,13-8-5-2)16-11-9-10-15(6-3)14-16/h15-16H,4-14H2,1-3H3. The topological polar surface area (TPSA) is 17.1 Å². The van der Waals surface area contributed by atoms with Gasteiger partial charge in [0.1, 0.15) is 0 Å². The molecule has 1 rings (SSSR count). The van der Waals surface area contributed by atoms with Gasteiger partial charge >= 0.3 is 0 Å². The van der Waals surface area contributed by atoms with Crippen molar-refractivity contribution in [1.82, 2.24) is 0 Å². The fraction of sp³-hybridized carbons (Fsp3) is 1.00. The number of hydrogen-bond donors (Lipinski definition) is 0. The zero-order chi connectivity index (χ0) is 13.4. The predicted octanol–water partition coefficient (Wildman–Crippen LogP) is 5.92. The Kier molecular flexibility index (Phi) is 7.61. The normalized spacial score (nSPS) is 25.3. The molecular formula is C16H33OP. The Hall–Kier alpha value is 0.230. The van der Waals surface area contributed by atoms with E-state index < -0.39 is 7.14 Å². The van der Waals surface area contributed by atoms with Crippen molar-refractivity contribution in [2.45, 2.75) is 84.2 Å². The van der Waals surface area contributed by atoms with Crippen LogP contribution in [0.2, 0.25) is 0 Å². The molecule has 0 bridgehead atoms. The van der Waals surface area contributed by atoms with Crippen LogP contribution in [0.5, 0.6) is 0 Å². The third-order valence-corrected chi connectivity index (χ3v) is 8.72. The average molecular weight is 272 g/mol. The van der Waals surface area contributed by atoms with Crippen LogP contribution in [0, 0.1) is 5.92 Å². The average Bonchev–Trinajstić information content (AvgIpc) is 2.43. The maximum atomic E-state index is 13.3. The predicted molar refractivity (Wildman–Crippen MR) is 83.2 cm³/mol. The smallest absolute Gasteiger partial charge is 0.0906 e. The summed E-state index contributed by atoms with van der Waals surface area (Å²) in [7, 11) is -1.88. The summed E-state index contributed by atoms with van der Waals surface area (Å²) in [5.74, 6) is 0.861. The van der Waals surface area contributed by atoms with E-state index in [0.717, 1.165) is 18.2 Å². The van der Waals surface area contributed by atoms with Gasteiger partial charge in [-0.15, -0.1) is 0 Å². The molecule has 0 amide bonds. The summed E-state index contributed by atoms with van der Waals surface area (Å²) in [6, 6.07) is 0. The van der Waals surface area contributed by atoms with Crippen LogP contribution in [0.1, 0.15) is 78.6 Å². The summed E-state index contributed by atoms with van der Waals surface area (Å²) in [5.41, 5.74) is 0.578. The lowest BCUT2D eigenvalue weighted by atomic mass is 9.87. The Labute approximate surface area is 114 Å². The highest BCUT2D eigenvalue weighted by atomic mass is 31.2. The second-order valence-electron chi connectivity index (χ2n) is 6.20. The Morgan fingerprint density at radius 1 is 1.00 bits per heavy atom. The second-order valence-corrected chi connectivity index (χ2v) is 9.73. The monoisotopic (exact) mass is 272 g/mol. The van der Waals surface area contributed by atoms with E-state index >= 15 is 0 Å². The third kappa shape index (κ3) is 4.72. The highest BCUT2D eigenvalue weighted by Crippen LogP contribution is 2.57. The van der Waals surface area contributed by atoms with Crippen molar-refractivity contribution in [2.75, 3.05) is 12.3 Å². The summed E-state index contributed by atoms with van der Waals surface area (Å²) >= 11 is 0. The molecule has 1 aliphatic rings. The number of unbranched alkanes of at least 4 members (excludes halogenated alkanes) is 2. The van der Waals surface area contributed by atoms with Gasteiger partial charge in [0.15, 0.2) is 0 Å². The first-order valence-corrected chi connectivity index (χ1v) is 10.4. The van der Waals surface area contributed by atoms with Crippen molar-refractivity contribution in [3.63, 3.8) is 0 Å². The van der Waals surface area contributed by atoms with Gasteiger partial charge in [-0.1, -0.05) is 52.9 Å². The van der Waals surface area contributed by atoms with Crippen LogP contribution in [0.4, 0.5) is 0 Å². The minimum Gasteiger partial charge on any atom is -0.323 e. The maximum Gasteiger partial charge on any atom is 0.0906 e. The lowest BCUT2D eigenvalue weighted by Crippen LogP contribution is -2.22. The van der Waals surface area contributed by atoms with Gasteiger partial charge in [-0.05, 0) is 31.6 Å². The molecule has 2 unspecified atom stereocenters. The second kappa shape index (κ2) is 8.41. The highest BCUT2D eigenvalue weighted by Gasteiger charge is 2.34. The number of hydrogen-bond acceptors (Lipinski definition) is 1. The van der Waals surface area contributed by atoms with E-state index in [1.807, 2.05) is 0 Å². The summed E-state index contributed by atoms with van der Waals surface area (Å²) in [6.45, 7) is 6.75. The molecule has 0 aromatic carbocycles. The molecule has 0 N–H and O–H groups in total. The molecule has 0 aromatic rings. The summed E-state index contributed by atoms with van der Waals surface area (Å²) in [4.78, 5) is 0. The molecule has 1 fully saturated rings. The van der Waals surface area contributed by atoms with Crippen LogP contribution in [-0.2, 0) is 4.57 Å². The molecular weight excluding hydrogens is 239 g/mol. The van der Waals surface area contributed by atoms with Gasteiger partial charge < -0.3 is 4.57 Å². The minimum absolute atomic E-state index is 0.578. The van der Waals surface area contributed by atoms with E-state index in [-0.39, 0.29) is 0 Å². The SMILES string of the molecule is CCCCP(=O)(CCCC)C1CCCC(CC)C1. The lowest BCUT2D eigenvalue weighted by Gasteiger charge is -2.34. The zero-order valence-electron chi connectivity index (χ0n) is 12.8. The Morgan fingerprint density at radius 2 is 1.61 bits per heavy atom. The molecule has 0 spiro atoms. The molecule has 108 valence electrons. The Balaban J connectivity index is 2.65. The molecule has 0 radical (unpaired) electrons. The van der Waals surface area contributed by atoms with Gasteiger partial charge in [-0.3, -0.25) is 0 Å². The molecule has 1 saturated carbocycles. The Morgan fingerprint density at radius 3 is 2.11 bits per heavy atom. The molecule has 2 heteroatoms. The van der Waals surface area contributed by atoms with E-state index in [1.54, 1.807) is 0 Å². The fourth-order valence-corrected chi connectivity index (χ4v) is 7.38. The van der Waals surface area contributed by atoms with Gasteiger partial charge in [0, 0.05) is 18.0 Å². The molecule has 0 saturated heterocycles. The van der Waals surface area contributed by atoms with E-state index in [4.69, 9.17) is 0 Å². The first-order valence-electron chi connectivity index (χ1n) is 8.24. The molecule has 2 atom stereocenters. The van der Waals surface area contributed by atoms with Gasteiger partial charge in [-0.25, -0.2) is 0 Å². The largest absolute Gasteiger partial charge is 0.323 e.